The fourth-order valence-electron chi connectivity index (χ4n) is 3.13. The smallest absolute Gasteiger partial charge is 0.289 e. The number of carbonyl (C=O) groups excluding carboxylic acids is 1. The van der Waals surface area contributed by atoms with Gasteiger partial charge < -0.3 is 19.5 Å². The lowest BCUT2D eigenvalue weighted by atomic mass is 10.2. The molecule has 27 heavy (non-hydrogen) atoms. The third-order valence-corrected chi connectivity index (χ3v) is 5.60. The minimum absolute atomic E-state index is 0.0416. The zero-order valence-corrected chi connectivity index (χ0v) is 16.8. The minimum atomic E-state index is -0.0416. The molecule has 3 rings (SSSR count). The highest BCUT2D eigenvalue weighted by atomic mass is 32.1. The van der Waals surface area contributed by atoms with E-state index in [-0.39, 0.29) is 5.91 Å². The average Bonchev–Trinajstić information content (AvgIpc) is 3.36. The zero-order valence-electron chi connectivity index (χ0n) is 16.0. The van der Waals surface area contributed by atoms with Gasteiger partial charge in [0.2, 0.25) is 0 Å². The molecule has 1 saturated heterocycles. The number of nitrogens with zero attached hydrogens (tertiary/aromatic N) is 4. The highest BCUT2D eigenvalue weighted by Gasteiger charge is 2.24. The van der Waals surface area contributed by atoms with Gasteiger partial charge in [0.05, 0.1) is 11.3 Å². The number of hydrogen-bond donors (Lipinski definition) is 1. The van der Waals surface area contributed by atoms with E-state index in [2.05, 4.69) is 25.6 Å². The molecule has 0 atom stereocenters. The van der Waals surface area contributed by atoms with E-state index in [1.807, 2.05) is 11.8 Å². The first-order valence-corrected chi connectivity index (χ1v) is 10.2. The lowest BCUT2D eigenvalue weighted by Gasteiger charge is -2.36. The molecule has 7 nitrogen and oxygen atoms in total. The van der Waals surface area contributed by atoms with Gasteiger partial charge >= 0.3 is 0 Å². The summed E-state index contributed by atoms with van der Waals surface area (Å²) in [6.45, 7) is 5.80. The number of carbonyl (C=O) groups is 1. The topological polar surface area (TPSA) is 74.0 Å². The Morgan fingerprint density at radius 1 is 1.30 bits per heavy atom. The quantitative estimate of drug-likeness (QED) is 0.467. The Morgan fingerprint density at radius 2 is 2.07 bits per heavy atom. The number of furan rings is 1. The predicted octanol–water partition coefficient (Wildman–Crippen LogP) is 2.40. The van der Waals surface area contributed by atoms with E-state index in [1.165, 1.54) is 11.3 Å². The van der Waals surface area contributed by atoms with E-state index in [9.17, 15) is 4.79 Å². The Hall–Kier alpha value is -2.35. The van der Waals surface area contributed by atoms with Gasteiger partial charge in [0, 0.05) is 50.8 Å². The molecule has 0 bridgehead atoms. The van der Waals surface area contributed by atoms with Crippen molar-refractivity contribution in [2.45, 2.75) is 26.2 Å². The van der Waals surface area contributed by atoms with Crippen molar-refractivity contribution in [3.05, 3.63) is 40.2 Å². The molecule has 146 valence electrons. The Morgan fingerprint density at radius 3 is 2.70 bits per heavy atom. The van der Waals surface area contributed by atoms with E-state index in [4.69, 9.17) is 4.42 Å². The van der Waals surface area contributed by atoms with E-state index in [0.29, 0.717) is 18.8 Å². The molecule has 0 aromatic carbocycles. The summed E-state index contributed by atoms with van der Waals surface area (Å²) in [7, 11) is 1.81. The number of rotatable bonds is 6. The molecular formula is C19H27N5O2S. The van der Waals surface area contributed by atoms with Crippen LogP contribution in [0.5, 0.6) is 0 Å². The summed E-state index contributed by atoms with van der Waals surface area (Å²) in [6.07, 6.45) is 4.76. The number of hydrogen-bond acceptors (Lipinski definition) is 5. The van der Waals surface area contributed by atoms with Gasteiger partial charge in [-0.3, -0.25) is 9.79 Å². The van der Waals surface area contributed by atoms with Gasteiger partial charge in [-0.2, -0.15) is 0 Å². The van der Waals surface area contributed by atoms with Crippen LogP contribution in [0.2, 0.25) is 0 Å². The fraction of sp³-hybridized carbons (Fsp3) is 0.526. The summed E-state index contributed by atoms with van der Waals surface area (Å²) >= 11 is 1.74. The summed E-state index contributed by atoms with van der Waals surface area (Å²) < 4.78 is 5.21. The van der Waals surface area contributed by atoms with Gasteiger partial charge in [-0.05, 0) is 38.3 Å². The van der Waals surface area contributed by atoms with E-state index < -0.39 is 0 Å². The van der Waals surface area contributed by atoms with Crippen molar-refractivity contribution in [3.8, 4) is 0 Å². The van der Waals surface area contributed by atoms with Crippen LogP contribution in [0.25, 0.3) is 0 Å². The van der Waals surface area contributed by atoms with Gasteiger partial charge in [0.25, 0.3) is 5.91 Å². The fourth-order valence-corrected chi connectivity index (χ4v) is 3.95. The molecule has 0 aliphatic carbocycles. The Balaban J connectivity index is 1.36. The molecule has 2 aromatic heterocycles. The molecule has 1 aliphatic heterocycles. The second kappa shape index (κ2) is 9.55. The van der Waals surface area contributed by atoms with Crippen molar-refractivity contribution in [2.75, 3.05) is 39.8 Å². The van der Waals surface area contributed by atoms with E-state index in [1.54, 1.807) is 30.5 Å². The van der Waals surface area contributed by atoms with Crippen LogP contribution in [-0.4, -0.2) is 66.4 Å². The van der Waals surface area contributed by atoms with Crippen LogP contribution in [0.15, 0.2) is 33.2 Å². The largest absolute Gasteiger partial charge is 0.459 e. The van der Waals surface area contributed by atoms with Crippen molar-refractivity contribution >= 4 is 23.2 Å². The Kier molecular flexibility index (Phi) is 6.86. The number of thiazole rings is 1. The first-order valence-electron chi connectivity index (χ1n) is 9.37. The zero-order chi connectivity index (χ0) is 19.1. The van der Waals surface area contributed by atoms with Crippen LogP contribution in [0.3, 0.4) is 0 Å². The molecule has 0 saturated carbocycles. The molecule has 8 heteroatoms. The van der Waals surface area contributed by atoms with Crippen LogP contribution in [0.4, 0.5) is 0 Å². The Labute approximate surface area is 164 Å². The summed E-state index contributed by atoms with van der Waals surface area (Å²) in [5, 5.41) is 6.76. The van der Waals surface area contributed by atoms with Gasteiger partial charge in [-0.15, -0.1) is 11.3 Å². The monoisotopic (exact) mass is 389 g/mol. The van der Waals surface area contributed by atoms with Crippen molar-refractivity contribution in [2.24, 2.45) is 4.99 Å². The van der Waals surface area contributed by atoms with E-state index in [0.717, 1.165) is 50.6 Å². The van der Waals surface area contributed by atoms with Crippen LogP contribution >= 0.6 is 11.3 Å². The summed E-state index contributed by atoms with van der Waals surface area (Å²) in [5.74, 6) is 1.27. The molecular weight excluding hydrogens is 362 g/mol. The lowest BCUT2D eigenvalue weighted by Crippen LogP contribution is -2.53. The molecule has 1 amide bonds. The predicted molar refractivity (Wildman–Crippen MR) is 107 cm³/mol. The highest BCUT2D eigenvalue weighted by molar-refractivity contribution is 7.09. The number of aliphatic imine (C=N–C) groups is 1. The molecule has 0 radical (unpaired) electrons. The SMILES string of the molecule is CN=C(NCCCCc1nc(C)cs1)N1CCN(C(=O)c2ccco2)CC1. The van der Waals surface area contributed by atoms with Crippen LogP contribution in [-0.2, 0) is 6.42 Å². The molecule has 0 unspecified atom stereocenters. The third kappa shape index (κ3) is 5.32. The van der Waals surface area contributed by atoms with Crippen molar-refractivity contribution in [1.29, 1.82) is 0 Å². The maximum Gasteiger partial charge on any atom is 0.289 e. The molecule has 1 aliphatic rings. The molecule has 1 N–H and O–H groups in total. The first kappa shape index (κ1) is 19.4. The van der Waals surface area contributed by atoms with Gasteiger partial charge in [0.1, 0.15) is 0 Å². The highest BCUT2D eigenvalue weighted by Crippen LogP contribution is 2.12. The summed E-state index contributed by atoms with van der Waals surface area (Å²) in [6, 6.07) is 3.45. The normalized spacial score (nSPS) is 15.3. The van der Waals surface area contributed by atoms with Crippen LogP contribution in [0.1, 0.15) is 34.1 Å². The third-order valence-electron chi connectivity index (χ3n) is 4.58. The second-order valence-electron chi connectivity index (χ2n) is 6.57. The van der Waals surface area contributed by atoms with Crippen LogP contribution in [0, 0.1) is 6.92 Å². The van der Waals surface area contributed by atoms with Crippen molar-refractivity contribution in [1.82, 2.24) is 20.1 Å². The van der Waals surface area contributed by atoms with Gasteiger partial charge in [-0.25, -0.2) is 4.98 Å². The van der Waals surface area contributed by atoms with Gasteiger partial charge in [-0.1, -0.05) is 0 Å². The van der Waals surface area contributed by atoms with E-state index >= 15 is 0 Å². The number of unbranched alkanes of at least 4 members (excludes halogenated alkanes) is 1. The average molecular weight is 390 g/mol. The van der Waals surface area contributed by atoms with Crippen LogP contribution < -0.4 is 5.32 Å². The summed E-state index contributed by atoms with van der Waals surface area (Å²) in [4.78, 5) is 25.3. The number of aryl methyl sites for hydroxylation is 2. The number of nitrogens with one attached hydrogen (secondary N) is 1. The standard InChI is InChI=1S/C19H27N5O2S/c1-15-14-27-17(22-15)7-3-4-8-21-19(20-2)24-11-9-23(10-12-24)18(25)16-6-5-13-26-16/h5-6,13-14H,3-4,7-12H2,1-2H3,(H,20,21). The second-order valence-corrected chi connectivity index (χ2v) is 7.51. The number of guanidine groups is 1. The summed E-state index contributed by atoms with van der Waals surface area (Å²) in [5.41, 5.74) is 1.11. The van der Waals surface area contributed by atoms with Crippen molar-refractivity contribution in [3.63, 3.8) is 0 Å². The first-order chi connectivity index (χ1) is 13.2. The molecule has 2 aromatic rings. The van der Waals surface area contributed by atoms with Gasteiger partial charge in [0.15, 0.2) is 11.7 Å². The maximum atomic E-state index is 12.3. The lowest BCUT2D eigenvalue weighted by molar-refractivity contribution is 0.0657. The molecule has 1 fully saturated rings. The maximum absolute atomic E-state index is 12.3. The molecule has 3 heterocycles. The molecule has 0 spiro atoms. The number of amides is 1. The van der Waals surface area contributed by atoms with Crippen molar-refractivity contribution < 1.29 is 9.21 Å². The Bertz CT molecular complexity index is 748. The number of aromatic nitrogens is 1. The minimum Gasteiger partial charge on any atom is -0.459 e. The number of piperazine rings is 1.